The van der Waals surface area contributed by atoms with Crippen LogP contribution in [0.1, 0.15) is 18.4 Å². The highest BCUT2D eigenvalue weighted by atomic mass is 19.2. The van der Waals surface area contributed by atoms with Gasteiger partial charge in [-0.15, -0.1) is 0 Å². The second-order valence-corrected chi connectivity index (χ2v) is 6.47. The van der Waals surface area contributed by atoms with E-state index in [2.05, 4.69) is 5.32 Å². The average molecular weight is 358 g/mol. The number of amides is 2. The smallest absolute Gasteiger partial charge is 0.236 e. The van der Waals surface area contributed by atoms with Gasteiger partial charge in [-0.05, 0) is 30.2 Å². The summed E-state index contributed by atoms with van der Waals surface area (Å²) in [7, 11) is 1.32. The van der Waals surface area contributed by atoms with E-state index in [1.165, 1.54) is 13.2 Å². The predicted octanol–water partition coefficient (Wildman–Crippen LogP) is 2.99. The first kappa shape index (κ1) is 16.5. The molecule has 7 heteroatoms. The van der Waals surface area contributed by atoms with E-state index in [0.717, 1.165) is 16.5 Å². The maximum Gasteiger partial charge on any atom is 0.236 e. The molecule has 2 aliphatic heterocycles. The highest BCUT2D eigenvalue weighted by Gasteiger charge is 2.51. The van der Waals surface area contributed by atoms with Gasteiger partial charge in [0.25, 0.3) is 0 Å². The molecule has 2 amide bonds. The van der Waals surface area contributed by atoms with Crippen molar-refractivity contribution in [3.8, 4) is 5.75 Å². The number of para-hydroxylation sites is 1. The highest BCUT2D eigenvalue weighted by Crippen LogP contribution is 2.46. The highest BCUT2D eigenvalue weighted by molar-refractivity contribution is 6.09. The molecule has 5 nitrogen and oxygen atoms in total. The van der Waals surface area contributed by atoms with Crippen molar-refractivity contribution in [1.29, 1.82) is 0 Å². The summed E-state index contributed by atoms with van der Waals surface area (Å²) < 4.78 is 33.5. The average Bonchev–Trinajstić information content (AvgIpc) is 2.91. The van der Waals surface area contributed by atoms with Crippen LogP contribution >= 0.6 is 0 Å². The van der Waals surface area contributed by atoms with Gasteiger partial charge in [-0.25, -0.2) is 8.78 Å². The summed E-state index contributed by atoms with van der Waals surface area (Å²) in [4.78, 5) is 26.4. The Morgan fingerprint density at radius 2 is 1.92 bits per heavy atom. The van der Waals surface area contributed by atoms with Gasteiger partial charge in [-0.3, -0.25) is 9.59 Å². The minimum atomic E-state index is -1.17. The molecule has 0 saturated carbocycles. The van der Waals surface area contributed by atoms with Gasteiger partial charge < -0.3 is 15.0 Å². The van der Waals surface area contributed by atoms with Gasteiger partial charge in [-0.2, -0.15) is 0 Å². The Balaban J connectivity index is 1.84. The van der Waals surface area contributed by atoms with E-state index in [-0.39, 0.29) is 36.2 Å². The lowest BCUT2D eigenvalue weighted by molar-refractivity contribution is -0.125. The first-order valence-electron chi connectivity index (χ1n) is 8.21. The molecule has 0 radical (unpaired) electrons. The minimum absolute atomic E-state index is 0.0425. The molecule has 1 atom stereocenters. The molecular weight excluding hydrogens is 342 g/mol. The lowest BCUT2D eigenvalue weighted by atomic mass is 9.74. The number of benzene rings is 2. The number of carbonyl (C=O) groups excluding carboxylic acids is 2. The van der Waals surface area contributed by atoms with Crippen LogP contribution in [0.5, 0.6) is 5.75 Å². The van der Waals surface area contributed by atoms with Crippen molar-refractivity contribution in [2.45, 2.75) is 18.3 Å². The Kier molecular flexibility index (Phi) is 3.68. The minimum Gasteiger partial charge on any atom is -0.494 e. The number of anilines is 2. The number of nitrogens with one attached hydrogen (secondary N) is 1. The number of methoxy groups -OCH3 is 1. The Morgan fingerprint density at radius 1 is 1.15 bits per heavy atom. The molecule has 1 spiro atoms. The van der Waals surface area contributed by atoms with Crippen LogP contribution in [0, 0.1) is 11.6 Å². The fourth-order valence-corrected chi connectivity index (χ4v) is 3.81. The Labute approximate surface area is 148 Å². The normalized spacial score (nSPS) is 21.7. The summed E-state index contributed by atoms with van der Waals surface area (Å²) in [6.45, 7) is -0.0780. The fraction of sp³-hybridized carbons (Fsp3) is 0.263. The molecule has 2 aromatic rings. The Bertz CT molecular complexity index is 931. The lowest BCUT2D eigenvalue weighted by Crippen LogP contribution is -2.52. The predicted molar refractivity (Wildman–Crippen MR) is 91.2 cm³/mol. The zero-order valence-corrected chi connectivity index (χ0v) is 14.0. The van der Waals surface area contributed by atoms with Crippen molar-refractivity contribution in [1.82, 2.24) is 0 Å². The number of nitrogens with zero attached hydrogens (tertiary/aromatic N) is 1. The van der Waals surface area contributed by atoms with Crippen molar-refractivity contribution in [3.63, 3.8) is 0 Å². The molecule has 1 unspecified atom stereocenters. The number of halogens is 2. The molecule has 2 aliphatic rings. The summed E-state index contributed by atoms with van der Waals surface area (Å²) in [5.74, 6) is -2.82. The SMILES string of the molecule is COc1ccc(F)c(F)c1N1CC2(CCC1=O)C(=O)Nc1ccccc12. The summed E-state index contributed by atoms with van der Waals surface area (Å²) in [5.41, 5.74) is 0.180. The topological polar surface area (TPSA) is 58.6 Å². The number of rotatable bonds is 2. The fourth-order valence-electron chi connectivity index (χ4n) is 3.81. The van der Waals surface area contributed by atoms with E-state index in [1.54, 1.807) is 12.1 Å². The van der Waals surface area contributed by atoms with Crippen LogP contribution in [0.4, 0.5) is 20.2 Å². The Morgan fingerprint density at radius 3 is 2.69 bits per heavy atom. The third-order valence-electron chi connectivity index (χ3n) is 5.14. The van der Waals surface area contributed by atoms with Gasteiger partial charge >= 0.3 is 0 Å². The summed E-state index contributed by atoms with van der Waals surface area (Å²) in [5, 5.41) is 2.82. The van der Waals surface area contributed by atoms with Crippen molar-refractivity contribution in [2.75, 3.05) is 23.9 Å². The zero-order chi connectivity index (χ0) is 18.5. The van der Waals surface area contributed by atoms with E-state index in [0.29, 0.717) is 12.1 Å². The maximum absolute atomic E-state index is 14.5. The summed E-state index contributed by atoms with van der Waals surface area (Å²) in [6.07, 6.45) is 0.352. The lowest BCUT2D eigenvalue weighted by Gasteiger charge is -2.39. The number of hydrogen-bond donors (Lipinski definition) is 1. The molecule has 2 heterocycles. The first-order chi connectivity index (χ1) is 12.5. The van der Waals surface area contributed by atoms with Crippen LogP contribution in [-0.4, -0.2) is 25.5 Å². The van der Waals surface area contributed by atoms with Crippen LogP contribution in [0.2, 0.25) is 0 Å². The second-order valence-electron chi connectivity index (χ2n) is 6.47. The maximum atomic E-state index is 14.5. The summed E-state index contributed by atoms with van der Waals surface area (Å²) in [6, 6.07) is 9.43. The first-order valence-corrected chi connectivity index (χ1v) is 8.21. The molecule has 0 bridgehead atoms. The van der Waals surface area contributed by atoms with E-state index in [9.17, 15) is 18.4 Å². The largest absolute Gasteiger partial charge is 0.494 e. The van der Waals surface area contributed by atoms with Crippen molar-refractivity contribution >= 4 is 23.2 Å². The molecule has 1 saturated heterocycles. The standard InChI is InChI=1S/C19H16F2N2O3/c1-26-14-7-6-12(20)16(21)17(14)23-10-19(9-8-15(23)24)11-4-2-3-5-13(11)22-18(19)25/h2-7H,8-10H2,1H3,(H,22,25). The molecular formula is C19H16F2N2O3. The van der Waals surface area contributed by atoms with Crippen LogP contribution in [0.25, 0.3) is 0 Å². The second kappa shape index (κ2) is 5.79. The molecule has 26 heavy (non-hydrogen) atoms. The van der Waals surface area contributed by atoms with Crippen molar-refractivity contribution in [3.05, 3.63) is 53.6 Å². The third kappa shape index (κ3) is 2.20. The van der Waals surface area contributed by atoms with Gasteiger partial charge in [0.2, 0.25) is 11.8 Å². The van der Waals surface area contributed by atoms with Gasteiger partial charge in [0.15, 0.2) is 11.6 Å². The Hall–Kier alpha value is -2.96. The van der Waals surface area contributed by atoms with E-state index >= 15 is 0 Å². The monoisotopic (exact) mass is 358 g/mol. The van der Waals surface area contributed by atoms with Gasteiger partial charge in [0.1, 0.15) is 11.4 Å². The van der Waals surface area contributed by atoms with E-state index < -0.39 is 17.0 Å². The van der Waals surface area contributed by atoms with Gasteiger partial charge in [0.05, 0.1) is 12.5 Å². The molecule has 4 rings (SSSR count). The zero-order valence-electron chi connectivity index (χ0n) is 14.0. The van der Waals surface area contributed by atoms with Gasteiger partial charge in [0, 0.05) is 18.7 Å². The van der Waals surface area contributed by atoms with Crippen molar-refractivity contribution in [2.24, 2.45) is 0 Å². The number of hydrogen-bond acceptors (Lipinski definition) is 3. The number of carbonyl (C=O) groups is 2. The molecule has 0 aliphatic carbocycles. The van der Waals surface area contributed by atoms with E-state index in [4.69, 9.17) is 4.74 Å². The van der Waals surface area contributed by atoms with Crippen LogP contribution in [-0.2, 0) is 15.0 Å². The number of piperidine rings is 1. The number of fused-ring (bicyclic) bond motifs is 2. The molecule has 1 fully saturated rings. The van der Waals surface area contributed by atoms with Crippen LogP contribution in [0.15, 0.2) is 36.4 Å². The van der Waals surface area contributed by atoms with Crippen LogP contribution in [0.3, 0.4) is 0 Å². The van der Waals surface area contributed by atoms with Gasteiger partial charge in [-0.1, -0.05) is 18.2 Å². The van der Waals surface area contributed by atoms with Crippen LogP contribution < -0.4 is 15.0 Å². The summed E-state index contributed by atoms with van der Waals surface area (Å²) >= 11 is 0. The quantitative estimate of drug-likeness (QED) is 0.898. The number of ether oxygens (including phenoxy) is 1. The molecule has 2 aromatic carbocycles. The molecule has 0 aromatic heterocycles. The third-order valence-corrected chi connectivity index (χ3v) is 5.14. The molecule has 134 valence electrons. The van der Waals surface area contributed by atoms with E-state index in [1.807, 2.05) is 12.1 Å². The van der Waals surface area contributed by atoms with Crippen molar-refractivity contribution < 1.29 is 23.1 Å². The molecule has 1 N–H and O–H groups in total.